The number of carbonyl (C=O) groups is 2. The number of hydrogen-bond donors (Lipinski definition) is 8. The van der Waals surface area contributed by atoms with Crippen LogP contribution in [0.25, 0.3) is 12.2 Å². The van der Waals surface area contributed by atoms with Gasteiger partial charge in [-0.2, -0.15) is 0 Å². The van der Waals surface area contributed by atoms with Crippen LogP contribution in [-0.2, 0) is 33.3 Å². The number of carbonyl (C=O) groups excluding carboxylic acids is 2. The number of methoxy groups -OCH3 is 4. The minimum Gasteiger partial charge on any atom is -0.502 e. The molecule has 2 aromatic carbocycles. The van der Waals surface area contributed by atoms with Gasteiger partial charge in [-0.1, -0.05) is 0 Å². The number of hydrogen-bond acceptors (Lipinski definition) is 19. The van der Waals surface area contributed by atoms with E-state index in [0.29, 0.717) is 11.1 Å². The van der Waals surface area contributed by atoms with Gasteiger partial charge in [-0.3, -0.25) is 0 Å². The van der Waals surface area contributed by atoms with Crippen molar-refractivity contribution < 1.29 is 93.1 Å². The first kappa shape index (κ1) is 41.1. The molecule has 2 heterocycles. The highest BCUT2D eigenvalue weighted by Gasteiger charge is 2.49. The predicted octanol–water partition coefficient (Wildman–Crippen LogP) is -1.42. The standard InChI is InChI=1S/C34H42O19/c1-45-17-9-15(10-18(46-2)25(17)38)5-7-23(36)52-32-30(43)27(40)21(13-35)50-34(32)49-14-22-28(41)29(42)31(44)33(51-22)53-24(37)8-6-16-11-19(47-3)26(39)20(12-16)48-4/h5-12,21-22,27-35,38-44H,13-14H2,1-4H3/b7-5+,8-6+/t21-,22-,27-,28-,29+,30-,31-,32-,33+,34-/m1/s1. The van der Waals surface area contributed by atoms with Crippen LogP contribution < -0.4 is 18.9 Å². The van der Waals surface area contributed by atoms with Crippen molar-refractivity contribution in [2.45, 2.75) is 61.4 Å². The number of esters is 2. The predicted molar refractivity (Wildman–Crippen MR) is 177 cm³/mol. The van der Waals surface area contributed by atoms with Crippen molar-refractivity contribution in [3.05, 3.63) is 47.5 Å². The van der Waals surface area contributed by atoms with Gasteiger partial charge in [0.25, 0.3) is 0 Å². The molecule has 2 aliphatic rings. The van der Waals surface area contributed by atoms with Crippen LogP contribution in [0.5, 0.6) is 34.5 Å². The van der Waals surface area contributed by atoms with Gasteiger partial charge >= 0.3 is 11.9 Å². The van der Waals surface area contributed by atoms with Gasteiger partial charge in [0.05, 0.1) is 41.7 Å². The number of benzene rings is 2. The molecule has 2 saturated heterocycles. The average Bonchev–Trinajstić information content (AvgIpc) is 3.15. The maximum Gasteiger partial charge on any atom is 0.333 e. The third-order valence-electron chi connectivity index (χ3n) is 8.23. The Morgan fingerprint density at radius 2 is 1.06 bits per heavy atom. The van der Waals surface area contributed by atoms with E-state index >= 15 is 0 Å². The number of aliphatic hydroxyl groups excluding tert-OH is 6. The fourth-order valence-electron chi connectivity index (χ4n) is 5.33. The molecule has 4 rings (SSSR count). The van der Waals surface area contributed by atoms with E-state index in [0.717, 1.165) is 12.2 Å². The highest BCUT2D eigenvalue weighted by Crippen LogP contribution is 2.38. The molecule has 0 unspecified atom stereocenters. The number of aromatic hydroxyl groups is 2. The van der Waals surface area contributed by atoms with Gasteiger partial charge in [-0.05, 0) is 47.5 Å². The maximum absolute atomic E-state index is 12.8. The minimum absolute atomic E-state index is 0.0505. The summed E-state index contributed by atoms with van der Waals surface area (Å²) in [5.41, 5.74) is 0.700. The number of ether oxygens (including phenoxy) is 9. The monoisotopic (exact) mass is 754 g/mol. The van der Waals surface area contributed by atoms with E-state index in [4.69, 9.17) is 42.6 Å². The van der Waals surface area contributed by atoms with Crippen molar-refractivity contribution in [2.75, 3.05) is 41.7 Å². The fourth-order valence-corrected chi connectivity index (χ4v) is 5.33. The summed E-state index contributed by atoms with van der Waals surface area (Å²) in [6, 6.07) is 5.59. The van der Waals surface area contributed by atoms with E-state index in [9.17, 15) is 50.4 Å². The molecule has 0 radical (unpaired) electrons. The lowest BCUT2D eigenvalue weighted by Crippen LogP contribution is -2.62. The van der Waals surface area contributed by atoms with E-state index in [1.54, 1.807) is 0 Å². The van der Waals surface area contributed by atoms with Crippen LogP contribution in [0, 0.1) is 0 Å². The molecule has 2 fully saturated rings. The van der Waals surface area contributed by atoms with Crippen LogP contribution in [-0.4, -0.2) is 156 Å². The molecule has 53 heavy (non-hydrogen) atoms. The molecule has 0 bridgehead atoms. The largest absolute Gasteiger partial charge is 0.502 e. The highest BCUT2D eigenvalue weighted by atomic mass is 16.7. The van der Waals surface area contributed by atoms with E-state index in [-0.39, 0.29) is 34.5 Å². The fraction of sp³-hybridized carbons (Fsp3) is 0.471. The summed E-state index contributed by atoms with van der Waals surface area (Å²) in [6.45, 7) is -1.48. The molecular weight excluding hydrogens is 712 g/mol. The smallest absolute Gasteiger partial charge is 0.333 e. The molecule has 0 spiro atoms. The lowest BCUT2D eigenvalue weighted by molar-refractivity contribution is -0.327. The second-order valence-corrected chi connectivity index (χ2v) is 11.6. The maximum atomic E-state index is 12.8. The van der Waals surface area contributed by atoms with Crippen molar-refractivity contribution in [1.82, 2.24) is 0 Å². The quantitative estimate of drug-likeness (QED) is 0.0811. The van der Waals surface area contributed by atoms with Crippen LogP contribution in [0.4, 0.5) is 0 Å². The summed E-state index contributed by atoms with van der Waals surface area (Å²) in [5.74, 6) is -2.42. The summed E-state index contributed by atoms with van der Waals surface area (Å²) in [7, 11) is 5.26. The zero-order valence-corrected chi connectivity index (χ0v) is 28.9. The lowest BCUT2D eigenvalue weighted by atomic mass is 9.98. The van der Waals surface area contributed by atoms with Crippen LogP contribution in [0.2, 0.25) is 0 Å². The molecule has 10 atom stereocenters. The second-order valence-electron chi connectivity index (χ2n) is 11.6. The number of phenols is 2. The number of rotatable bonds is 14. The Kier molecular flexibility index (Phi) is 14.2. The molecule has 0 aliphatic carbocycles. The van der Waals surface area contributed by atoms with E-state index < -0.39 is 86.6 Å². The summed E-state index contributed by atoms with van der Waals surface area (Å²) in [5, 5.41) is 82.8. The number of aliphatic hydroxyl groups is 6. The van der Waals surface area contributed by atoms with Gasteiger partial charge in [0, 0.05) is 12.2 Å². The van der Waals surface area contributed by atoms with E-state index in [1.165, 1.54) is 64.9 Å². The Morgan fingerprint density at radius 1 is 0.623 bits per heavy atom. The molecule has 0 saturated carbocycles. The highest BCUT2D eigenvalue weighted by molar-refractivity contribution is 5.88. The van der Waals surface area contributed by atoms with Gasteiger partial charge in [-0.15, -0.1) is 0 Å². The molecule has 19 heteroatoms. The van der Waals surface area contributed by atoms with Crippen molar-refractivity contribution in [1.29, 1.82) is 0 Å². The van der Waals surface area contributed by atoms with Crippen molar-refractivity contribution in [2.24, 2.45) is 0 Å². The first-order chi connectivity index (χ1) is 25.3. The average molecular weight is 755 g/mol. The summed E-state index contributed by atoms with van der Waals surface area (Å²) in [6.07, 6.45) is -12.9. The third kappa shape index (κ3) is 9.65. The van der Waals surface area contributed by atoms with Gasteiger partial charge in [0.1, 0.15) is 42.7 Å². The zero-order valence-electron chi connectivity index (χ0n) is 28.9. The first-order valence-electron chi connectivity index (χ1n) is 15.9. The van der Waals surface area contributed by atoms with E-state index in [1.807, 2.05) is 0 Å². The Balaban J connectivity index is 1.45. The summed E-state index contributed by atoms with van der Waals surface area (Å²) < 4.78 is 47.5. The Labute approximate surface area is 302 Å². The van der Waals surface area contributed by atoms with Gasteiger partial charge < -0.3 is 83.5 Å². The molecule has 19 nitrogen and oxygen atoms in total. The zero-order chi connectivity index (χ0) is 39.0. The minimum atomic E-state index is -1.91. The van der Waals surface area contributed by atoms with E-state index in [2.05, 4.69) is 0 Å². The lowest BCUT2D eigenvalue weighted by Gasteiger charge is -2.43. The van der Waals surface area contributed by atoms with Gasteiger partial charge in [0.2, 0.25) is 17.8 Å². The summed E-state index contributed by atoms with van der Waals surface area (Å²) in [4.78, 5) is 25.5. The topological polar surface area (TPSA) is 279 Å². The van der Waals surface area contributed by atoms with Crippen LogP contribution in [0.15, 0.2) is 36.4 Å². The third-order valence-corrected chi connectivity index (χ3v) is 8.23. The molecular formula is C34H42O19. The molecule has 8 N–H and O–H groups in total. The van der Waals surface area contributed by atoms with Crippen LogP contribution in [0.1, 0.15) is 11.1 Å². The summed E-state index contributed by atoms with van der Waals surface area (Å²) >= 11 is 0. The molecule has 0 amide bonds. The van der Waals surface area contributed by atoms with Crippen molar-refractivity contribution >= 4 is 24.1 Å². The second kappa shape index (κ2) is 18.4. The van der Waals surface area contributed by atoms with Crippen molar-refractivity contribution in [3.63, 3.8) is 0 Å². The SMILES string of the molecule is COc1cc(/C=C/C(=O)O[C@@H]2O[C@H](CO[C@@H]3O[C@H](CO)[C@@H](O)[C@@H](O)[C@H]3OC(=O)/C=C/c3cc(OC)c(O)c(OC)c3)[C@@H](O)[C@H](O)[C@H]2O)cc(OC)c1O. The van der Waals surface area contributed by atoms with Gasteiger partial charge in [0.15, 0.2) is 35.4 Å². The van der Waals surface area contributed by atoms with Gasteiger partial charge in [-0.25, -0.2) is 9.59 Å². The Hall–Kier alpha value is -4.70. The van der Waals surface area contributed by atoms with Crippen LogP contribution >= 0.6 is 0 Å². The van der Waals surface area contributed by atoms with Crippen molar-refractivity contribution in [3.8, 4) is 34.5 Å². The number of phenolic OH excluding ortho intramolecular Hbond substituents is 2. The Bertz CT molecular complexity index is 1580. The molecule has 292 valence electrons. The molecule has 0 aromatic heterocycles. The normalized spacial score (nSPS) is 28.8. The van der Waals surface area contributed by atoms with Crippen LogP contribution in [0.3, 0.4) is 0 Å². The Morgan fingerprint density at radius 3 is 1.51 bits per heavy atom. The molecule has 2 aromatic rings. The first-order valence-corrected chi connectivity index (χ1v) is 15.9. The molecule has 2 aliphatic heterocycles.